The topological polar surface area (TPSA) is 46.6 Å². The number of ketones is 1. The van der Waals surface area contributed by atoms with E-state index in [0.717, 1.165) is 30.8 Å². The van der Waals surface area contributed by atoms with Crippen LogP contribution in [0.5, 0.6) is 5.75 Å². The summed E-state index contributed by atoms with van der Waals surface area (Å²) in [7, 11) is 0. The number of rotatable bonds is 7. The second-order valence-corrected chi connectivity index (χ2v) is 4.99. The number of Topliss-reactive ketones (excluding diaryl/α,β-unsaturated/α-hetero) is 1. The standard InChI is InChI=1S/C16H21NO3/c1-2-14(18)5-4-12-20-15-9-7-13(8-10-15)17-11-3-6-16(17)19/h7-10H,2-6,11-12H2,1H3. The van der Waals surface area contributed by atoms with Gasteiger partial charge in [0.15, 0.2) is 0 Å². The largest absolute Gasteiger partial charge is 0.494 e. The minimum atomic E-state index is 0.191. The van der Waals surface area contributed by atoms with Gasteiger partial charge in [-0.25, -0.2) is 0 Å². The molecule has 0 aliphatic carbocycles. The molecule has 1 amide bonds. The van der Waals surface area contributed by atoms with Gasteiger partial charge in [-0.1, -0.05) is 6.92 Å². The van der Waals surface area contributed by atoms with Gasteiger partial charge in [0.1, 0.15) is 11.5 Å². The van der Waals surface area contributed by atoms with Gasteiger partial charge in [-0.3, -0.25) is 9.59 Å². The molecule has 0 radical (unpaired) electrons. The number of hydrogen-bond acceptors (Lipinski definition) is 3. The zero-order chi connectivity index (χ0) is 14.4. The van der Waals surface area contributed by atoms with Crippen molar-refractivity contribution >= 4 is 17.4 Å². The third kappa shape index (κ3) is 3.83. The van der Waals surface area contributed by atoms with Crippen LogP contribution in [-0.4, -0.2) is 24.8 Å². The maximum atomic E-state index is 11.6. The molecular weight excluding hydrogens is 254 g/mol. The molecule has 0 saturated carbocycles. The van der Waals surface area contributed by atoms with Gasteiger partial charge in [-0.05, 0) is 37.1 Å². The van der Waals surface area contributed by atoms with E-state index in [-0.39, 0.29) is 11.7 Å². The van der Waals surface area contributed by atoms with Gasteiger partial charge in [0, 0.05) is 31.5 Å². The molecule has 4 nitrogen and oxygen atoms in total. The van der Waals surface area contributed by atoms with Crippen LogP contribution in [0.25, 0.3) is 0 Å². The summed E-state index contributed by atoms with van der Waals surface area (Å²) in [5, 5.41) is 0. The molecule has 0 bridgehead atoms. The summed E-state index contributed by atoms with van der Waals surface area (Å²) in [6.45, 7) is 3.23. The maximum absolute atomic E-state index is 11.6. The monoisotopic (exact) mass is 275 g/mol. The molecule has 2 rings (SSSR count). The highest BCUT2D eigenvalue weighted by Gasteiger charge is 2.21. The van der Waals surface area contributed by atoms with E-state index >= 15 is 0 Å². The first-order chi connectivity index (χ1) is 9.70. The Morgan fingerprint density at radius 2 is 2.05 bits per heavy atom. The molecule has 20 heavy (non-hydrogen) atoms. The van der Waals surface area contributed by atoms with E-state index in [9.17, 15) is 9.59 Å². The molecule has 1 aliphatic rings. The quantitative estimate of drug-likeness (QED) is 0.719. The molecule has 0 unspecified atom stereocenters. The Balaban J connectivity index is 1.79. The molecule has 0 N–H and O–H groups in total. The van der Waals surface area contributed by atoms with Crippen LogP contribution in [0.15, 0.2) is 24.3 Å². The van der Waals surface area contributed by atoms with Gasteiger partial charge in [0.25, 0.3) is 0 Å². The summed E-state index contributed by atoms with van der Waals surface area (Å²) in [5.74, 6) is 1.25. The van der Waals surface area contributed by atoms with E-state index in [1.807, 2.05) is 36.1 Å². The van der Waals surface area contributed by atoms with Gasteiger partial charge in [0.2, 0.25) is 5.91 Å². The first kappa shape index (κ1) is 14.6. The Morgan fingerprint density at radius 3 is 2.65 bits per heavy atom. The van der Waals surface area contributed by atoms with Crippen molar-refractivity contribution in [2.75, 3.05) is 18.1 Å². The average Bonchev–Trinajstić information content (AvgIpc) is 2.90. The fraction of sp³-hybridized carbons (Fsp3) is 0.500. The van der Waals surface area contributed by atoms with Crippen LogP contribution < -0.4 is 9.64 Å². The highest BCUT2D eigenvalue weighted by atomic mass is 16.5. The average molecular weight is 275 g/mol. The maximum Gasteiger partial charge on any atom is 0.227 e. The summed E-state index contributed by atoms with van der Waals surface area (Å²) >= 11 is 0. The van der Waals surface area contributed by atoms with E-state index in [1.54, 1.807) is 0 Å². The number of carbonyl (C=O) groups is 2. The van der Waals surface area contributed by atoms with Crippen molar-refractivity contribution in [1.82, 2.24) is 0 Å². The Hall–Kier alpha value is -1.84. The molecule has 1 aromatic rings. The molecule has 1 heterocycles. The van der Waals surface area contributed by atoms with E-state index in [0.29, 0.717) is 25.9 Å². The lowest BCUT2D eigenvalue weighted by molar-refractivity contribution is -0.119. The van der Waals surface area contributed by atoms with Crippen molar-refractivity contribution in [1.29, 1.82) is 0 Å². The molecular formula is C16H21NO3. The minimum absolute atomic E-state index is 0.191. The first-order valence-corrected chi connectivity index (χ1v) is 7.25. The van der Waals surface area contributed by atoms with Crippen LogP contribution in [0.1, 0.15) is 39.0 Å². The second-order valence-electron chi connectivity index (χ2n) is 4.99. The van der Waals surface area contributed by atoms with Gasteiger partial charge in [-0.15, -0.1) is 0 Å². The fourth-order valence-electron chi connectivity index (χ4n) is 2.28. The SMILES string of the molecule is CCC(=O)CCCOc1ccc(N2CCCC2=O)cc1. The van der Waals surface area contributed by atoms with E-state index in [1.165, 1.54) is 0 Å². The van der Waals surface area contributed by atoms with Crippen LogP contribution in [0.3, 0.4) is 0 Å². The highest BCUT2D eigenvalue weighted by Crippen LogP contribution is 2.23. The van der Waals surface area contributed by atoms with Crippen molar-refractivity contribution in [3.63, 3.8) is 0 Å². The second kappa shape index (κ2) is 7.08. The Bertz CT molecular complexity index is 467. The third-order valence-corrected chi connectivity index (χ3v) is 3.48. The number of benzene rings is 1. The number of hydrogen-bond donors (Lipinski definition) is 0. The van der Waals surface area contributed by atoms with Crippen LogP contribution in [-0.2, 0) is 9.59 Å². The van der Waals surface area contributed by atoms with Gasteiger partial charge in [0.05, 0.1) is 6.61 Å². The van der Waals surface area contributed by atoms with E-state index in [2.05, 4.69) is 0 Å². The number of amides is 1. The van der Waals surface area contributed by atoms with Crippen molar-refractivity contribution in [3.05, 3.63) is 24.3 Å². The van der Waals surface area contributed by atoms with Gasteiger partial charge >= 0.3 is 0 Å². The summed E-state index contributed by atoms with van der Waals surface area (Å²) in [5.41, 5.74) is 0.931. The molecule has 108 valence electrons. The van der Waals surface area contributed by atoms with Crippen molar-refractivity contribution in [2.45, 2.75) is 39.0 Å². The predicted octanol–water partition coefficient (Wildman–Crippen LogP) is 2.95. The normalized spacial score (nSPS) is 14.7. The smallest absolute Gasteiger partial charge is 0.227 e. The molecule has 1 saturated heterocycles. The zero-order valence-electron chi connectivity index (χ0n) is 11.9. The molecule has 0 atom stereocenters. The summed E-state index contributed by atoms with van der Waals surface area (Å²) in [4.78, 5) is 24.6. The minimum Gasteiger partial charge on any atom is -0.494 e. The number of carbonyl (C=O) groups excluding carboxylic acids is 2. The van der Waals surface area contributed by atoms with Crippen LogP contribution in [0.2, 0.25) is 0 Å². The van der Waals surface area contributed by atoms with E-state index < -0.39 is 0 Å². The highest BCUT2D eigenvalue weighted by molar-refractivity contribution is 5.95. The molecule has 1 aromatic carbocycles. The van der Waals surface area contributed by atoms with Crippen molar-refractivity contribution in [2.24, 2.45) is 0 Å². The van der Waals surface area contributed by atoms with Gasteiger partial charge < -0.3 is 9.64 Å². The molecule has 1 fully saturated rings. The number of nitrogens with zero attached hydrogens (tertiary/aromatic N) is 1. The lowest BCUT2D eigenvalue weighted by Crippen LogP contribution is -2.23. The Labute approximate surface area is 119 Å². The van der Waals surface area contributed by atoms with Gasteiger partial charge in [-0.2, -0.15) is 0 Å². The summed E-state index contributed by atoms with van der Waals surface area (Å²) < 4.78 is 5.59. The van der Waals surface area contributed by atoms with Crippen LogP contribution in [0.4, 0.5) is 5.69 Å². The molecule has 0 aromatic heterocycles. The van der Waals surface area contributed by atoms with Crippen LogP contribution in [0, 0.1) is 0 Å². The molecule has 4 heteroatoms. The van der Waals surface area contributed by atoms with Crippen molar-refractivity contribution in [3.8, 4) is 5.75 Å². The third-order valence-electron chi connectivity index (χ3n) is 3.48. The Morgan fingerprint density at radius 1 is 1.30 bits per heavy atom. The zero-order valence-corrected chi connectivity index (χ0v) is 11.9. The van der Waals surface area contributed by atoms with E-state index in [4.69, 9.17) is 4.74 Å². The number of ether oxygens (including phenoxy) is 1. The van der Waals surface area contributed by atoms with Crippen LogP contribution >= 0.6 is 0 Å². The predicted molar refractivity (Wildman–Crippen MR) is 78.1 cm³/mol. The Kier molecular flexibility index (Phi) is 5.16. The lowest BCUT2D eigenvalue weighted by atomic mass is 10.2. The number of anilines is 1. The summed E-state index contributed by atoms with van der Waals surface area (Å²) in [6.07, 6.45) is 3.50. The first-order valence-electron chi connectivity index (χ1n) is 7.25. The lowest BCUT2D eigenvalue weighted by Gasteiger charge is -2.16. The fourth-order valence-corrected chi connectivity index (χ4v) is 2.28. The van der Waals surface area contributed by atoms with Crippen molar-refractivity contribution < 1.29 is 14.3 Å². The molecule has 1 aliphatic heterocycles. The summed E-state index contributed by atoms with van der Waals surface area (Å²) in [6, 6.07) is 7.58. The molecule has 0 spiro atoms.